The van der Waals surface area contributed by atoms with Gasteiger partial charge in [-0.3, -0.25) is 4.40 Å². The number of benzene rings is 1. The molecule has 0 unspecified atom stereocenters. The Morgan fingerprint density at radius 3 is 2.95 bits per heavy atom. The molecule has 3 rings (SSSR count). The van der Waals surface area contributed by atoms with Crippen LogP contribution >= 0.6 is 22.9 Å². The van der Waals surface area contributed by atoms with Crippen LogP contribution in [0.5, 0.6) is 5.75 Å². The van der Waals surface area contributed by atoms with Crippen LogP contribution in [0, 0.1) is 13.8 Å². The first-order valence-electron chi connectivity index (χ1n) is 6.60. The Morgan fingerprint density at radius 2 is 2.19 bits per heavy atom. The number of imidazole rings is 1. The molecule has 0 saturated carbocycles. The third-order valence-electron chi connectivity index (χ3n) is 3.35. The van der Waals surface area contributed by atoms with Crippen LogP contribution in [0.25, 0.3) is 4.96 Å². The van der Waals surface area contributed by atoms with E-state index >= 15 is 0 Å². The molecule has 0 aliphatic heterocycles. The molecule has 0 aliphatic carbocycles. The van der Waals surface area contributed by atoms with Crippen molar-refractivity contribution in [2.45, 2.75) is 20.4 Å². The predicted molar refractivity (Wildman–Crippen MR) is 87.9 cm³/mol. The zero-order valence-electron chi connectivity index (χ0n) is 12.1. The van der Waals surface area contributed by atoms with Crippen molar-refractivity contribution in [2.75, 3.05) is 12.4 Å². The van der Waals surface area contributed by atoms with Crippen LogP contribution in [0.1, 0.15) is 16.3 Å². The maximum absolute atomic E-state index is 6.05. The van der Waals surface area contributed by atoms with Crippen LogP contribution in [0.2, 0.25) is 5.02 Å². The van der Waals surface area contributed by atoms with E-state index in [2.05, 4.69) is 27.8 Å². The maximum atomic E-state index is 6.05. The first kappa shape index (κ1) is 14.2. The SMILES string of the molecule is COc1ccc(Cl)cc1NCc1c(C)nc2sc(C)cn12. The fourth-order valence-electron chi connectivity index (χ4n) is 2.32. The molecule has 0 radical (unpaired) electrons. The van der Waals surface area contributed by atoms with Crippen molar-refractivity contribution in [3.8, 4) is 5.75 Å². The Kier molecular flexibility index (Phi) is 3.78. The average Bonchev–Trinajstić information content (AvgIpc) is 2.92. The summed E-state index contributed by atoms with van der Waals surface area (Å²) >= 11 is 7.75. The summed E-state index contributed by atoms with van der Waals surface area (Å²) in [5.74, 6) is 0.777. The Labute approximate surface area is 132 Å². The largest absolute Gasteiger partial charge is 0.495 e. The fraction of sp³-hybridized carbons (Fsp3) is 0.267. The second-order valence-electron chi connectivity index (χ2n) is 4.84. The molecular formula is C15H16ClN3OS. The van der Waals surface area contributed by atoms with E-state index in [0.717, 1.165) is 27.8 Å². The van der Waals surface area contributed by atoms with Gasteiger partial charge < -0.3 is 10.1 Å². The first-order chi connectivity index (χ1) is 10.1. The molecular weight excluding hydrogens is 306 g/mol. The number of hydrogen-bond donors (Lipinski definition) is 1. The summed E-state index contributed by atoms with van der Waals surface area (Å²) < 4.78 is 7.49. The highest BCUT2D eigenvalue weighted by atomic mass is 35.5. The Morgan fingerprint density at radius 1 is 1.38 bits per heavy atom. The van der Waals surface area contributed by atoms with Crippen molar-refractivity contribution < 1.29 is 4.74 Å². The number of anilines is 1. The molecule has 4 nitrogen and oxygen atoms in total. The lowest BCUT2D eigenvalue weighted by atomic mass is 10.2. The number of aryl methyl sites for hydroxylation is 2. The van der Waals surface area contributed by atoms with E-state index in [1.165, 1.54) is 4.88 Å². The van der Waals surface area contributed by atoms with Gasteiger partial charge in [-0.25, -0.2) is 4.98 Å². The van der Waals surface area contributed by atoms with Gasteiger partial charge in [0.15, 0.2) is 4.96 Å². The van der Waals surface area contributed by atoms with E-state index in [1.54, 1.807) is 18.4 Å². The number of rotatable bonds is 4. The van der Waals surface area contributed by atoms with Crippen molar-refractivity contribution in [3.05, 3.63) is 45.7 Å². The van der Waals surface area contributed by atoms with E-state index in [9.17, 15) is 0 Å². The molecule has 0 atom stereocenters. The van der Waals surface area contributed by atoms with Crippen LogP contribution in [-0.2, 0) is 6.54 Å². The Hall–Kier alpha value is -1.72. The molecule has 0 saturated heterocycles. The first-order valence-corrected chi connectivity index (χ1v) is 7.79. The minimum atomic E-state index is 0.667. The molecule has 2 heterocycles. The molecule has 1 aromatic carbocycles. The minimum absolute atomic E-state index is 0.667. The smallest absolute Gasteiger partial charge is 0.194 e. The summed E-state index contributed by atoms with van der Waals surface area (Å²) in [5, 5.41) is 4.06. The second-order valence-corrected chi connectivity index (χ2v) is 6.49. The van der Waals surface area contributed by atoms with Gasteiger partial charge in [0.2, 0.25) is 0 Å². The molecule has 110 valence electrons. The van der Waals surface area contributed by atoms with Gasteiger partial charge in [-0.1, -0.05) is 11.6 Å². The van der Waals surface area contributed by atoms with Crippen LogP contribution in [0.4, 0.5) is 5.69 Å². The summed E-state index contributed by atoms with van der Waals surface area (Å²) in [6, 6.07) is 5.54. The van der Waals surface area contributed by atoms with Crippen LogP contribution in [0.15, 0.2) is 24.4 Å². The van der Waals surface area contributed by atoms with Gasteiger partial charge >= 0.3 is 0 Å². The number of ether oxygens (including phenoxy) is 1. The van der Waals surface area contributed by atoms with Gasteiger partial charge in [0, 0.05) is 16.1 Å². The lowest BCUT2D eigenvalue weighted by molar-refractivity contribution is 0.416. The zero-order valence-corrected chi connectivity index (χ0v) is 13.7. The number of halogens is 1. The van der Waals surface area contributed by atoms with Crippen LogP contribution < -0.4 is 10.1 Å². The quantitative estimate of drug-likeness (QED) is 0.779. The topological polar surface area (TPSA) is 38.6 Å². The van der Waals surface area contributed by atoms with Gasteiger partial charge in [0.05, 0.1) is 30.7 Å². The van der Waals surface area contributed by atoms with E-state index in [0.29, 0.717) is 11.6 Å². The fourth-order valence-corrected chi connectivity index (χ4v) is 3.38. The third-order valence-corrected chi connectivity index (χ3v) is 4.48. The van der Waals surface area contributed by atoms with Crippen LogP contribution in [0.3, 0.4) is 0 Å². The second kappa shape index (κ2) is 5.58. The van der Waals surface area contributed by atoms with Crippen molar-refractivity contribution in [1.82, 2.24) is 9.38 Å². The number of aromatic nitrogens is 2. The molecule has 21 heavy (non-hydrogen) atoms. The highest BCUT2D eigenvalue weighted by Crippen LogP contribution is 2.29. The molecule has 0 bridgehead atoms. The molecule has 3 aromatic rings. The van der Waals surface area contributed by atoms with E-state index < -0.39 is 0 Å². The Bertz CT molecular complexity index is 794. The van der Waals surface area contributed by atoms with Gasteiger partial charge in [0.25, 0.3) is 0 Å². The molecule has 0 spiro atoms. The monoisotopic (exact) mass is 321 g/mol. The number of thiazole rings is 1. The summed E-state index contributed by atoms with van der Waals surface area (Å²) in [6.45, 7) is 4.78. The average molecular weight is 322 g/mol. The maximum Gasteiger partial charge on any atom is 0.194 e. The van der Waals surface area contributed by atoms with Crippen molar-refractivity contribution >= 4 is 33.6 Å². The number of methoxy groups -OCH3 is 1. The minimum Gasteiger partial charge on any atom is -0.495 e. The van der Waals surface area contributed by atoms with Gasteiger partial charge in [-0.05, 0) is 32.0 Å². The standard InChI is InChI=1S/C15H16ClN3OS/c1-9-8-19-13(10(2)18-15(19)21-9)7-17-12-6-11(16)4-5-14(12)20-3/h4-6,8,17H,7H2,1-3H3. The normalized spacial score (nSPS) is 11.0. The third kappa shape index (κ3) is 2.71. The number of nitrogens with zero attached hydrogens (tertiary/aromatic N) is 2. The summed E-state index contributed by atoms with van der Waals surface area (Å²) in [6.07, 6.45) is 2.12. The summed E-state index contributed by atoms with van der Waals surface area (Å²) in [5.41, 5.74) is 3.07. The molecule has 0 fully saturated rings. The molecule has 2 aromatic heterocycles. The van der Waals surface area contributed by atoms with E-state index in [1.807, 2.05) is 25.1 Å². The van der Waals surface area contributed by atoms with Gasteiger partial charge in [-0.15, -0.1) is 11.3 Å². The summed E-state index contributed by atoms with van der Waals surface area (Å²) in [7, 11) is 1.65. The Balaban J connectivity index is 1.89. The molecule has 0 amide bonds. The molecule has 6 heteroatoms. The van der Waals surface area contributed by atoms with Gasteiger partial charge in [0.1, 0.15) is 5.75 Å². The van der Waals surface area contributed by atoms with Crippen LogP contribution in [-0.4, -0.2) is 16.5 Å². The number of nitrogens with one attached hydrogen (secondary N) is 1. The van der Waals surface area contributed by atoms with Gasteiger partial charge in [-0.2, -0.15) is 0 Å². The molecule has 0 aliphatic rings. The highest BCUT2D eigenvalue weighted by molar-refractivity contribution is 7.17. The van der Waals surface area contributed by atoms with Crippen molar-refractivity contribution in [1.29, 1.82) is 0 Å². The van der Waals surface area contributed by atoms with E-state index in [4.69, 9.17) is 16.3 Å². The lowest BCUT2D eigenvalue weighted by Crippen LogP contribution is -2.04. The lowest BCUT2D eigenvalue weighted by Gasteiger charge is -2.11. The predicted octanol–water partition coefficient (Wildman–Crippen LogP) is 4.29. The zero-order chi connectivity index (χ0) is 15.0. The number of hydrogen-bond acceptors (Lipinski definition) is 4. The van der Waals surface area contributed by atoms with E-state index in [-0.39, 0.29) is 0 Å². The summed E-state index contributed by atoms with van der Waals surface area (Å²) in [4.78, 5) is 6.87. The molecule has 1 N–H and O–H groups in total. The van der Waals surface area contributed by atoms with Crippen molar-refractivity contribution in [2.24, 2.45) is 0 Å². The number of fused-ring (bicyclic) bond motifs is 1. The van der Waals surface area contributed by atoms with Crippen molar-refractivity contribution in [3.63, 3.8) is 0 Å². The highest BCUT2D eigenvalue weighted by Gasteiger charge is 2.12.